The molecule has 1 aliphatic rings. The molecule has 31 heavy (non-hydrogen) atoms. The van der Waals surface area contributed by atoms with Crippen LogP contribution in [0.25, 0.3) is 0 Å². The number of nitrogens with one attached hydrogen (secondary N) is 2. The van der Waals surface area contributed by atoms with Crippen molar-refractivity contribution in [3.63, 3.8) is 0 Å². The van der Waals surface area contributed by atoms with Gasteiger partial charge in [0.1, 0.15) is 0 Å². The van der Waals surface area contributed by atoms with Crippen LogP contribution < -0.4 is 15.5 Å². The van der Waals surface area contributed by atoms with Crippen molar-refractivity contribution < 1.29 is 13.2 Å². The molecule has 2 heterocycles. The summed E-state index contributed by atoms with van der Waals surface area (Å²) in [5.41, 5.74) is 0.992. The number of alkyl halides is 3. The Morgan fingerprint density at radius 1 is 1.06 bits per heavy atom. The van der Waals surface area contributed by atoms with Crippen molar-refractivity contribution in [1.82, 2.24) is 20.5 Å². The van der Waals surface area contributed by atoms with Gasteiger partial charge in [0, 0.05) is 51.7 Å². The predicted octanol–water partition coefficient (Wildman–Crippen LogP) is 2.98. The summed E-state index contributed by atoms with van der Waals surface area (Å²) in [5, 5.41) is 6.54. The van der Waals surface area contributed by atoms with Gasteiger partial charge in [-0.2, -0.15) is 13.2 Å². The van der Waals surface area contributed by atoms with E-state index in [4.69, 9.17) is 0 Å². The van der Waals surface area contributed by atoms with E-state index in [-0.39, 0.29) is 0 Å². The molecule has 0 atom stereocenters. The molecule has 0 unspecified atom stereocenters. The molecule has 0 aliphatic carbocycles. The molecular weight excluding hydrogens is 405 g/mol. The zero-order chi connectivity index (χ0) is 22.1. The van der Waals surface area contributed by atoms with Crippen molar-refractivity contribution in [3.8, 4) is 0 Å². The SMILES string of the molecule is CN=C(NCCCN1CCN(c2cccc(C(F)(F)F)c2)CC1)NCc1ccccn1. The fourth-order valence-electron chi connectivity index (χ4n) is 3.52. The molecule has 1 fully saturated rings. The highest BCUT2D eigenvalue weighted by Gasteiger charge is 2.31. The predicted molar refractivity (Wildman–Crippen MR) is 117 cm³/mol. The Bertz CT molecular complexity index is 833. The van der Waals surface area contributed by atoms with Crippen LogP contribution in [0.5, 0.6) is 0 Å². The summed E-state index contributed by atoms with van der Waals surface area (Å²) in [5.74, 6) is 0.736. The molecule has 2 N–H and O–H groups in total. The van der Waals surface area contributed by atoms with Crippen molar-refractivity contribution in [2.75, 3.05) is 51.2 Å². The van der Waals surface area contributed by atoms with Crippen molar-refractivity contribution in [1.29, 1.82) is 0 Å². The molecule has 1 saturated heterocycles. The highest BCUT2D eigenvalue weighted by molar-refractivity contribution is 5.79. The second-order valence-corrected chi connectivity index (χ2v) is 7.40. The number of nitrogens with zero attached hydrogens (tertiary/aromatic N) is 4. The van der Waals surface area contributed by atoms with Gasteiger partial charge < -0.3 is 15.5 Å². The van der Waals surface area contributed by atoms with E-state index in [2.05, 4.69) is 25.5 Å². The lowest BCUT2D eigenvalue weighted by Gasteiger charge is -2.36. The van der Waals surface area contributed by atoms with Crippen LogP contribution in [0, 0.1) is 0 Å². The molecule has 1 aromatic heterocycles. The van der Waals surface area contributed by atoms with E-state index in [1.807, 2.05) is 23.1 Å². The number of rotatable bonds is 7. The van der Waals surface area contributed by atoms with Crippen molar-refractivity contribution in [2.45, 2.75) is 19.1 Å². The number of hydrogen-bond donors (Lipinski definition) is 2. The average molecular weight is 435 g/mol. The average Bonchev–Trinajstić information content (AvgIpc) is 2.79. The van der Waals surface area contributed by atoms with Crippen LogP contribution in [0.2, 0.25) is 0 Å². The van der Waals surface area contributed by atoms with Crippen LogP contribution in [-0.4, -0.2) is 62.2 Å². The number of benzene rings is 1. The molecule has 1 aliphatic heterocycles. The minimum atomic E-state index is -4.31. The minimum Gasteiger partial charge on any atom is -0.369 e. The van der Waals surface area contributed by atoms with Crippen LogP contribution in [-0.2, 0) is 12.7 Å². The number of aromatic nitrogens is 1. The van der Waals surface area contributed by atoms with Gasteiger partial charge in [-0.1, -0.05) is 12.1 Å². The number of hydrogen-bond acceptors (Lipinski definition) is 4. The molecule has 0 amide bonds. The summed E-state index contributed by atoms with van der Waals surface area (Å²) in [6.07, 6.45) is -1.59. The summed E-state index contributed by atoms with van der Waals surface area (Å²) < 4.78 is 38.8. The maximum Gasteiger partial charge on any atom is 0.416 e. The molecule has 6 nitrogen and oxygen atoms in total. The van der Waals surface area contributed by atoms with Gasteiger partial charge in [-0.25, -0.2) is 0 Å². The van der Waals surface area contributed by atoms with Gasteiger partial charge in [-0.05, 0) is 43.3 Å². The number of pyridine rings is 1. The lowest BCUT2D eigenvalue weighted by atomic mass is 10.1. The topological polar surface area (TPSA) is 55.8 Å². The molecule has 3 rings (SSSR count). The number of anilines is 1. The van der Waals surface area contributed by atoms with E-state index in [9.17, 15) is 13.2 Å². The van der Waals surface area contributed by atoms with E-state index in [1.54, 1.807) is 19.3 Å². The number of guanidine groups is 1. The van der Waals surface area contributed by atoms with Gasteiger partial charge in [-0.15, -0.1) is 0 Å². The third-order valence-electron chi connectivity index (χ3n) is 5.24. The number of piperazine rings is 1. The van der Waals surface area contributed by atoms with Gasteiger partial charge in [-0.3, -0.25) is 14.9 Å². The zero-order valence-electron chi connectivity index (χ0n) is 17.7. The molecule has 168 valence electrons. The highest BCUT2D eigenvalue weighted by Crippen LogP contribution is 2.31. The maximum atomic E-state index is 12.9. The van der Waals surface area contributed by atoms with Crippen molar-refractivity contribution >= 4 is 11.6 Å². The van der Waals surface area contributed by atoms with E-state index in [0.29, 0.717) is 12.2 Å². The third kappa shape index (κ3) is 7.13. The van der Waals surface area contributed by atoms with Crippen LogP contribution in [0.15, 0.2) is 53.7 Å². The zero-order valence-corrected chi connectivity index (χ0v) is 17.7. The highest BCUT2D eigenvalue weighted by atomic mass is 19.4. The standard InChI is InChI=1S/C22H29F3N6/c1-26-21(29-17-19-7-2-3-9-27-19)28-10-5-11-30-12-14-31(15-13-30)20-8-4-6-18(16-20)22(23,24)25/h2-4,6-9,16H,5,10-15,17H2,1H3,(H2,26,28,29). The first kappa shape index (κ1) is 22.9. The van der Waals surface area contributed by atoms with Gasteiger partial charge in [0.05, 0.1) is 17.8 Å². The van der Waals surface area contributed by atoms with Crippen LogP contribution in [0.4, 0.5) is 18.9 Å². The Kier molecular flexibility index (Phi) is 8.11. The van der Waals surface area contributed by atoms with Crippen LogP contribution in [0.3, 0.4) is 0 Å². The Balaban J connectivity index is 1.35. The molecule has 0 radical (unpaired) electrons. The third-order valence-corrected chi connectivity index (χ3v) is 5.24. The van der Waals surface area contributed by atoms with E-state index < -0.39 is 11.7 Å². The minimum absolute atomic E-state index is 0.594. The molecule has 0 saturated carbocycles. The van der Waals surface area contributed by atoms with Crippen molar-refractivity contribution in [2.24, 2.45) is 4.99 Å². The lowest BCUT2D eigenvalue weighted by molar-refractivity contribution is -0.137. The Morgan fingerprint density at radius 3 is 2.55 bits per heavy atom. The van der Waals surface area contributed by atoms with Crippen LogP contribution in [0.1, 0.15) is 17.7 Å². The van der Waals surface area contributed by atoms with E-state index in [0.717, 1.165) is 63.4 Å². The first-order valence-corrected chi connectivity index (χ1v) is 10.4. The summed E-state index contributed by atoms with van der Waals surface area (Å²) in [6.45, 7) is 5.45. The second-order valence-electron chi connectivity index (χ2n) is 7.40. The van der Waals surface area contributed by atoms with Crippen LogP contribution >= 0.6 is 0 Å². The lowest BCUT2D eigenvalue weighted by Crippen LogP contribution is -2.47. The normalized spacial score (nSPS) is 15.7. The first-order chi connectivity index (χ1) is 15.0. The monoisotopic (exact) mass is 434 g/mol. The quantitative estimate of drug-likeness (QED) is 0.399. The van der Waals surface area contributed by atoms with Gasteiger partial charge in [0.15, 0.2) is 5.96 Å². The van der Waals surface area contributed by atoms with E-state index >= 15 is 0 Å². The summed E-state index contributed by atoms with van der Waals surface area (Å²) in [6, 6.07) is 11.4. The van der Waals surface area contributed by atoms with Gasteiger partial charge in [0.25, 0.3) is 0 Å². The Morgan fingerprint density at radius 2 is 1.87 bits per heavy atom. The maximum absolute atomic E-state index is 12.9. The fourth-order valence-corrected chi connectivity index (χ4v) is 3.52. The molecular formula is C22H29F3N6. The Hall–Kier alpha value is -2.81. The molecule has 1 aromatic carbocycles. The molecule has 9 heteroatoms. The first-order valence-electron chi connectivity index (χ1n) is 10.4. The van der Waals surface area contributed by atoms with Gasteiger partial charge >= 0.3 is 6.18 Å². The van der Waals surface area contributed by atoms with Gasteiger partial charge in [0.2, 0.25) is 0 Å². The smallest absolute Gasteiger partial charge is 0.369 e. The Labute approximate surface area is 181 Å². The molecule has 0 spiro atoms. The molecule has 0 bridgehead atoms. The summed E-state index contributed by atoms with van der Waals surface area (Å²) in [7, 11) is 1.74. The number of aliphatic imine (C=N–C) groups is 1. The molecule has 2 aromatic rings. The second kappa shape index (κ2) is 11.0. The van der Waals surface area contributed by atoms with Crippen molar-refractivity contribution in [3.05, 3.63) is 59.9 Å². The summed E-state index contributed by atoms with van der Waals surface area (Å²) in [4.78, 5) is 12.9. The van der Waals surface area contributed by atoms with E-state index in [1.165, 1.54) is 12.1 Å². The summed E-state index contributed by atoms with van der Waals surface area (Å²) >= 11 is 0. The fraction of sp³-hybridized carbons (Fsp3) is 0.455. The number of halogens is 3. The largest absolute Gasteiger partial charge is 0.416 e.